The van der Waals surface area contributed by atoms with Crippen LogP contribution in [0, 0.1) is 0 Å². The molecular weight excluding hydrogens is 338 g/mol. The van der Waals surface area contributed by atoms with Crippen molar-refractivity contribution in [1.29, 1.82) is 0 Å². The molecule has 0 saturated heterocycles. The van der Waals surface area contributed by atoms with Gasteiger partial charge in [-0.1, -0.05) is 67.6 Å². The average Bonchev–Trinajstić information content (AvgIpc) is 2.71. The Hall–Kier alpha value is -3.21. The first-order valence-electron chi connectivity index (χ1n) is 9.12. The maximum absolute atomic E-state index is 12.8. The van der Waals surface area contributed by atoms with Gasteiger partial charge in [0.25, 0.3) is 5.56 Å². The number of aromatic nitrogens is 2. The number of benzene rings is 2. The van der Waals surface area contributed by atoms with E-state index in [0.29, 0.717) is 18.8 Å². The fourth-order valence-electron chi connectivity index (χ4n) is 2.92. The van der Waals surface area contributed by atoms with E-state index in [1.54, 1.807) is 11.0 Å². The van der Waals surface area contributed by atoms with E-state index in [0.717, 1.165) is 17.5 Å². The number of carbonyl (C=O) groups is 1. The lowest BCUT2D eigenvalue weighted by Gasteiger charge is -2.22. The minimum absolute atomic E-state index is 0.0632. The lowest BCUT2D eigenvalue weighted by Crippen LogP contribution is -2.37. The van der Waals surface area contributed by atoms with Gasteiger partial charge in [0.15, 0.2) is 0 Å². The zero-order chi connectivity index (χ0) is 19.1. The summed E-state index contributed by atoms with van der Waals surface area (Å²) < 4.78 is 1.25. The minimum atomic E-state index is -0.279. The fourth-order valence-corrected chi connectivity index (χ4v) is 2.92. The standard InChI is InChI=1S/C22H23N3O2/c1-2-15-24(16-18-9-5-3-6-10-18)22(27)17-25-21(26)14-13-20(23-25)19-11-7-4-8-12-19/h3-14H,2,15-17H2,1H3. The lowest BCUT2D eigenvalue weighted by atomic mass is 10.1. The van der Waals surface area contributed by atoms with Crippen molar-refractivity contribution < 1.29 is 4.79 Å². The number of nitrogens with zero attached hydrogens (tertiary/aromatic N) is 3. The second-order valence-corrected chi connectivity index (χ2v) is 6.38. The normalized spacial score (nSPS) is 10.6. The van der Waals surface area contributed by atoms with Crippen LogP contribution in [0.4, 0.5) is 0 Å². The molecule has 0 N–H and O–H groups in total. The highest BCUT2D eigenvalue weighted by Gasteiger charge is 2.15. The van der Waals surface area contributed by atoms with Crippen LogP contribution in [-0.2, 0) is 17.9 Å². The number of rotatable bonds is 7. The van der Waals surface area contributed by atoms with Gasteiger partial charge in [-0.25, -0.2) is 4.68 Å². The van der Waals surface area contributed by atoms with Gasteiger partial charge >= 0.3 is 0 Å². The number of carbonyl (C=O) groups excluding carboxylic acids is 1. The number of amides is 1. The Morgan fingerprint density at radius 1 is 0.963 bits per heavy atom. The molecule has 2 aromatic carbocycles. The van der Waals surface area contributed by atoms with Gasteiger partial charge in [0.2, 0.25) is 5.91 Å². The quantitative estimate of drug-likeness (QED) is 0.648. The van der Waals surface area contributed by atoms with Crippen molar-refractivity contribution in [1.82, 2.24) is 14.7 Å². The maximum atomic E-state index is 12.8. The minimum Gasteiger partial charge on any atom is -0.337 e. The van der Waals surface area contributed by atoms with Crippen molar-refractivity contribution in [2.45, 2.75) is 26.4 Å². The van der Waals surface area contributed by atoms with E-state index in [1.165, 1.54) is 10.7 Å². The molecule has 5 nitrogen and oxygen atoms in total. The van der Waals surface area contributed by atoms with E-state index in [4.69, 9.17) is 0 Å². The van der Waals surface area contributed by atoms with Crippen molar-refractivity contribution in [3.05, 3.63) is 88.7 Å². The highest BCUT2D eigenvalue weighted by atomic mass is 16.2. The average molecular weight is 361 g/mol. The third kappa shape index (κ3) is 4.91. The topological polar surface area (TPSA) is 55.2 Å². The van der Waals surface area contributed by atoms with Crippen molar-refractivity contribution in [2.75, 3.05) is 6.54 Å². The molecule has 1 amide bonds. The molecule has 3 aromatic rings. The maximum Gasteiger partial charge on any atom is 0.267 e. The summed E-state index contributed by atoms with van der Waals surface area (Å²) in [4.78, 5) is 26.8. The molecule has 138 valence electrons. The van der Waals surface area contributed by atoms with Gasteiger partial charge in [-0.2, -0.15) is 5.10 Å². The van der Waals surface area contributed by atoms with Gasteiger partial charge in [0, 0.05) is 24.7 Å². The first-order valence-corrected chi connectivity index (χ1v) is 9.12. The monoisotopic (exact) mass is 361 g/mol. The van der Waals surface area contributed by atoms with E-state index >= 15 is 0 Å². The molecule has 0 fully saturated rings. The van der Waals surface area contributed by atoms with Crippen molar-refractivity contribution >= 4 is 5.91 Å². The summed E-state index contributed by atoms with van der Waals surface area (Å²) in [6.45, 7) is 3.14. The molecule has 1 aromatic heterocycles. The molecule has 5 heteroatoms. The second-order valence-electron chi connectivity index (χ2n) is 6.38. The zero-order valence-corrected chi connectivity index (χ0v) is 15.4. The van der Waals surface area contributed by atoms with Crippen LogP contribution < -0.4 is 5.56 Å². The SMILES string of the molecule is CCCN(Cc1ccccc1)C(=O)Cn1nc(-c2ccccc2)ccc1=O. The molecule has 0 aliphatic carbocycles. The summed E-state index contributed by atoms with van der Waals surface area (Å²) in [5.41, 5.74) is 2.37. The Morgan fingerprint density at radius 3 is 2.30 bits per heavy atom. The van der Waals surface area contributed by atoms with E-state index in [2.05, 4.69) is 5.10 Å². The van der Waals surface area contributed by atoms with Crippen LogP contribution in [0.25, 0.3) is 11.3 Å². The summed E-state index contributed by atoms with van der Waals surface area (Å²) in [6.07, 6.45) is 0.852. The van der Waals surface area contributed by atoms with Crippen LogP contribution in [0.15, 0.2) is 77.6 Å². The van der Waals surface area contributed by atoms with E-state index in [1.807, 2.05) is 67.6 Å². The molecule has 27 heavy (non-hydrogen) atoms. The van der Waals surface area contributed by atoms with Gasteiger partial charge in [0.1, 0.15) is 6.54 Å². The van der Waals surface area contributed by atoms with Gasteiger partial charge in [-0.15, -0.1) is 0 Å². The van der Waals surface area contributed by atoms with Gasteiger partial charge < -0.3 is 4.90 Å². The van der Waals surface area contributed by atoms with Crippen LogP contribution in [0.3, 0.4) is 0 Å². The van der Waals surface area contributed by atoms with Crippen LogP contribution in [0.5, 0.6) is 0 Å². The first kappa shape index (κ1) is 18.6. The van der Waals surface area contributed by atoms with Gasteiger partial charge in [0.05, 0.1) is 5.69 Å². The van der Waals surface area contributed by atoms with Gasteiger partial charge in [-0.3, -0.25) is 9.59 Å². The smallest absolute Gasteiger partial charge is 0.267 e. The Kier molecular flexibility index (Phi) is 6.15. The highest BCUT2D eigenvalue weighted by Crippen LogP contribution is 2.14. The second kappa shape index (κ2) is 8.94. The van der Waals surface area contributed by atoms with Crippen LogP contribution in [-0.4, -0.2) is 27.1 Å². The predicted octanol–water partition coefficient (Wildman–Crippen LogP) is 3.35. The zero-order valence-electron chi connectivity index (χ0n) is 15.4. The largest absolute Gasteiger partial charge is 0.337 e. The molecule has 0 aliphatic rings. The molecule has 0 saturated carbocycles. The van der Waals surface area contributed by atoms with Crippen LogP contribution >= 0.6 is 0 Å². The first-order chi connectivity index (χ1) is 13.2. The lowest BCUT2D eigenvalue weighted by molar-refractivity contribution is -0.132. The summed E-state index contributed by atoms with van der Waals surface area (Å²) >= 11 is 0. The number of hydrogen-bond acceptors (Lipinski definition) is 3. The predicted molar refractivity (Wildman–Crippen MR) is 106 cm³/mol. The van der Waals surface area contributed by atoms with E-state index in [-0.39, 0.29) is 18.0 Å². The Bertz CT molecular complexity index is 937. The summed E-state index contributed by atoms with van der Waals surface area (Å²) in [5.74, 6) is -0.111. The summed E-state index contributed by atoms with van der Waals surface area (Å²) in [7, 11) is 0. The van der Waals surface area contributed by atoms with Crippen molar-refractivity contribution in [2.24, 2.45) is 0 Å². The molecule has 0 unspecified atom stereocenters. The van der Waals surface area contributed by atoms with Crippen molar-refractivity contribution in [3.63, 3.8) is 0 Å². The third-order valence-corrected chi connectivity index (χ3v) is 4.28. The highest BCUT2D eigenvalue weighted by molar-refractivity contribution is 5.76. The summed E-state index contributed by atoms with van der Waals surface area (Å²) in [5, 5.41) is 4.39. The van der Waals surface area contributed by atoms with Crippen molar-refractivity contribution in [3.8, 4) is 11.3 Å². The molecule has 0 spiro atoms. The van der Waals surface area contributed by atoms with Crippen LogP contribution in [0.2, 0.25) is 0 Å². The molecule has 3 rings (SSSR count). The van der Waals surface area contributed by atoms with E-state index < -0.39 is 0 Å². The molecule has 0 atom stereocenters. The molecule has 0 aliphatic heterocycles. The van der Waals surface area contributed by atoms with Crippen LogP contribution in [0.1, 0.15) is 18.9 Å². The molecular formula is C22H23N3O2. The Morgan fingerprint density at radius 2 is 1.63 bits per heavy atom. The Labute approximate surface area is 158 Å². The summed E-state index contributed by atoms with van der Waals surface area (Å²) in [6, 6.07) is 22.6. The number of hydrogen-bond donors (Lipinski definition) is 0. The molecule has 0 radical (unpaired) electrons. The van der Waals surface area contributed by atoms with E-state index in [9.17, 15) is 9.59 Å². The fraction of sp³-hybridized carbons (Fsp3) is 0.227. The third-order valence-electron chi connectivity index (χ3n) is 4.28. The molecule has 1 heterocycles. The Balaban J connectivity index is 1.80. The van der Waals surface area contributed by atoms with Gasteiger partial charge in [-0.05, 0) is 18.1 Å². The molecule has 0 bridgehead atoms.